The zero-order valence-electron chi connectivity index (χ0n) is 10.8. The number of nitrogens with two attached hydrogens (primary N) is 1. The molecule has 3 N–H and O–H groups in total. The number of ether oxygens (including phenoxy) is 1. The van der Waals surface area contributed by atoms with Crippen LogP contribution in [0.1, 0.15) is 5.56 Å². The molecule has 0 atom stereocenters. The summed E-state index contributed by atoms with van der Waals surface area (Å²) in [5, 5.41) is 0.820. The van der Waals surface area contributed by atoms with Crippen LogP contribution < -0.4 is 16.0 Å². The molecule has 6 heteroatoms. The molecule has 0 radical (unpaired) electrons. The van der Waals surface area contributed by atoms with Crippen LogP contribution >= 0.6 is 23.2 Å². The molecular formula is C15H12Cl2N2O2. The van der Waals surface area contributed by atoms with E-state index in [1.807, 2.05) is 11.5 Å². The fraction of sp³-hybridized carbons (Fsp3) is 0. The predicted octanol–water partition coefficient (Wildman–Crippen LogP) is 3.40. The van der Waals surface area contributed by atoms with Crippen molar-refractivity contribution < 1.29 is 9.53 Å². The fourth-order valence-electron chi connectivity index (χ4n) is 1.58. The van der Waals surface area contributed by atoms with Crippen LogP contribution in [-0.2, 0) is 4.79 Å². The topological polar surface area (TPSA) is 64.3 Å². The van der Waals surface area contributed by atoms with Crippen molar-refractivity contribution in [3.8, 4) is 5.75 Å². The van der Waals surface area contributed by atoms with Crippen molar-refractivity contribution in [2.45, 2.75) is 0 Å². The quantitative estimate of drug-likeness (QED) is 0.298. The molecule has 0 bridgehead atoms. The van der Waals surface area contributed by atoms with Crippen molar-refractivity contribution in [1.29, 1.82) is 0 Å². The second kappa shape index (κ2) is 7.13. The summed E-state index contributed by atoms with van der Waals surface area (Å²) in [7, 11) is 0. The van der Waals surface area contributed by atoms with Gasteiger partial charge in [0.05, 0.1) is 10.0 Å². The van der Waals surface area contributed by atoms with Crippen LogP contribution in [-0.4, -0.2) is 5.91 Å². The van der Waals surface area contributed by atoms with Gasteiger partial charge in [0.1, 0.15) is 5.75 Å². The van der Waals surface area contributed by atoms with Gasteiger partial charge in [-0.1, -0.05) is 47.5 Å². The maximum atomic E-state index is 11.8. The van der Waals surface area contributed by atoms with E-state index in [2.05, 4.69) is 0 Å². The summed E-state index contributed by atoms with van der Waals surface area (Å²) in [6, 6.07) is 13.9. The predicted molar refractivity (Wildman–Crippen MR) is 83.8 cm³/mol. The number of carbonyl (C=O) groups is 1. The lowest BCUT2D eigenvalue weighted by Crippen LogP contribution is -2.33. The average Bonchev–Trinajstić information content (AvgIpc) is 2.50. The van der Waals surface area contributed by atoms with Gasteiger partial charge in [0, 0.05) is 0 Å². The molecule has 0 spiro atoms. The largest absolute Gasteiger partial charge is 0.452 e. The van der Waals surface area contributed by atoms with Gasteiger partial charge in [-0.05, 0) is 35.9 Å². The highest BCUT2D eigenvalue weighted by Crippen LogP contribution is 2.24. The van der Waals surface area contributed by atoms with Gasteiger partial charge in [0.25, 0.3) is 0 Å². The van der Waals surface area contributed by atoms with Gasteiger partial charge >= 0.3 is 5.91 Å². The molecule has 0 aliphatic rings. The van der Waals surface area contributed by atoms with Crippen LogP contribution in [0, 0.1) is 0 Å². The number of amides is 1. The molecule has 0 aromatic heterocycles. The van der Waals surface area contributed by atoms with E-state index in [9.17, 15) is 4.79 Å². The Labute approximate surface area is 132 Å². The molecule has 2 aromatic carbocycles. The van der Waals surface area contributed by atoms with Crippen LogP contribution in [0.3, 0.4) is 0 Å². The Balaban J connectivity index is 2.33. The molecule has 108 valence electrons. The highest BCUT2D eigenvalue weighted by atomic mass is 35.5. The third kappa shape index (κ3) is 4.23. The molecule has 0 aliphatic carbocycles. The molecule has 0 saturated carbocycles. The highest BCUT2D eigenvalue weighted by Gasteiger charge is 2.11. The number of benzene rings is 2. The van der Waals surface area contributed by atoms with Gasteiger partial charge in [-0.25, -0.2) is 5.84 Å². The average molecular weight is 323 g/mol. The third-order valence-corrected chi connectivity index (χ3v) is 3.31. The Morgan fingerprint density at radius 2 is 1.81 bits per heavy atom. The zero-order valence-corrected chi connectivity index (χ0v) is 12.4. The van der Waals surface area contributed by atoms with E-state index < -0.39 is 5.91 Å². The second-order valence-corrected chi connectivity index (χ2v) is 4.89. The van der Waals surface area contributed by atoms with Gasteiger partial charge in [-0.2, -0.15) is 0 Å². The first-order valence-corrected chi connectivity index (χ1v) is 6.76. The van der Waals surface area contributed by atoms with Gasteiger partial charge < -0.3 is 4.74 Å². The van der Waals surface area contributed by atoms with E-state index in [0.717, 1.165) is 0 Å². The van der Waals surface area contributed by atoms with E-state index in [1.54, 1.807) is 42.5 Å². The van der Waals surface area contributed by atoms with Crippen LogP contribution in [0.25, 0.3) is 6.08 Å². The Morgan fingerprint density at radius 1 is 1.10 bits per heavy atom. The first kappa shape index (κ1) is 15.4. The lowest BCUT2D eigenvalue weighted by molar-refractivity contribution is -0.119. The maximum Gasteiger partial charge on any atom is 0.300 e. The number of para-hydroxylation sites is 1. The molecule has 0 fully saturated rings. The first-order valence-electron chi connectivity index (χ1n) is 6.01. The monoisotopic (exact) mass is 322 g/mol. The Kier molecular flexibility index (Phi) is 5.22. The summed E-state index contributed by atoms with van der Waals surface area (Å²) in [6.07, 6.45) is 1.53. The van der Waals surface area contributed by atoms with Crippen LogP contribution in [0.2, 0.25) is 10.0 Å². The lowest BCUT2D eigenvalue weighted by atomic mass is 10.2. The minimum absolute atomic E-state index is 0.0436. The van der Waals surface area contributed by atoms with Gasteiger partial charge in [0.15, 0.2) is 5.76 Å². The number of halogens is 2. The van der Waals surface area contributed by atoms with Crippen LogP contribution in [0.4, 0.5) is 0 Å². The minimum atomic E-state index is -0.551. The van der Waals surface area contributed by atoms with Crippen molar-refractivity contribution >= 4 is 35.2 Å². The minimum Gasteiger partial charge on any atom is -0.452 e. The molecule has 2 aromatic rings. The number of hydrogen-bond donors (Lipinski definition) is 2. The van der Waals surface area contributed by atoms with Crippen LogP contribution in [0.15, 0.2) is 54.3 Å². The number of hydrogen-bond acceptors (Lipinski definition) is 3. The van der Waals surface area contributed by atoms with Crippen molar-refractivity contribution in [2.75, 3.05) is 0 Å². The number of hydrazine groups is 1. The summed E-state index contributed by atoms with van der Waals surface area (Å²) in [4.78, 5) is 11.8. The molecule has 0 saturated heterocycles. The van der Waals surface area contributed by atoms with Crippen molar-refractivity contribution in [1.82, 2.24) is 5.43 Å². The zero-order chi connectivity index (χ0) is 15.2. The van der Waals surface area contributed by atoms with E-state index in [0.29, 0.717) is 21.4 Å². The van der Waals surface area contributed by atoms with Gasteiger partial charge in [-0.3, -0.25) is 10.2 Å². The summed E-state index contributed by atoms with van der Waals surface area (Å²) >= 11 is 11.8. The molecule has 2 rings (SSSR count). The van der Waals surface area contributed by atoms with E-state index in [1.165, 1.54) is 6.08 Å². The first-order chi connectivity index (χ1) is 10.1. The Bertz CT molecular complexity index is 673. The maximum absolute atomic E-state index is 11.8. The summed E-state index contributed by atoms with van der Waals surface area (Å²) < 4.78 is 5.53. The van der Waals surface area contributed by atoms with Crippen molar-refractivity contribution in [2.24, 2.45) is 5.84 Å². The summed E-state index contributed by atoms with van der Waals surface area (Å²) in [5.41, 5.74) is 2.71. The van der Waals surface area contributed by atoms with Gasteiger partial charge in [0.2, 0.25) is 0 Å². The van der Waals surface area contributed by atoms with E-state index in [-0.39, 0.29) is 5.76 Å². The normalized spacial score (nSPS) is 11.1. The second-order valence-electron chi connectivity index (χ2n) is 4.07. The Hall–Kier alpha value is -2.01. The molecule has 0 heterocycles. The van der Waals surface area contributed by atoms with Crippen molar-refractivity contribution in [3.63, 3.8) is 0 Å². The van der Waals surface area contributed by atoms with E-state index in [4.69, 9.17) is 33.8 Å². The molecular weight excluding hydrogens is 311 g/mol. The fourth-order valence-corrected chi connectivity index (χ4v) is 1.89. The molecule has 0 aliphatic heterocycles. The molecule has 21 heavy (non-hydrogen) atoms. The third-order valence-electron chi connectivity index (χ3n) is 2.57. The lowest BCUT2D eigenvalue weighted by Gasteiger charge is -2.09. The number of carbonyl (C=O) groups excluding carboxylic acids is 1. The number of rotatable bonds is 4. The highest BCUT2D eigenvalue weighted by molar-refractivity contribution is 6.42. The SMILES string of the molecule is NNC(=O)/C(=C/c1ccc(Cl)c(Cl)c1)Oc1ccccc1. The summed E-state index contributed by atoms with van der Waals surface area (Å²) in [6.45, 7) is 0. The molecule has 4 nitrogen and oxygen atoms in total. The van der Waals surface area contributed by atoms with E-state index >= 15 is 0 Å². The molecule has 0 unspecified atom stereocenters. The van der Waals surface area contributed by atoms with Crippen LogP contribution in [0.5, 0.6) is 5.75 Å². The summed E-state index contributed by atoms with van der Waals surface area (Å²) in [5.74, 6) is 5.18. The van der Waals surface area contributed by atoms with Crippen molar-refractivity contribution in [3.05, 3.63) is 69.9 Å². The standard InChI is InChI=1S/C15H12Cl2N2O2/c16-12-7-6-10(8-13(12)17)9-14(15(20)19-18)21-11-4-2-1-3-5-11/h1-9H,18H2,(H,19,20)/b14-9-. The molecule has 1 amide bonds. The number of nitrogens with one attached hydrogen (secondary N) is 1. The van der Waals surface area contributed by atoms with Gasteiger partial charge in [-0.15, -0.1) is 0 Å². The smallest absolute Gasteiger partial charge is 0.300 e. The Morgan fingerprint density at radius 3 is 2.43 bits per heavy atom.